The molecule has 1 amide bonds. The van der Waals surface area contributed by atoms with Gasteiger partial charge in [0.2, 0.25) is 5.91 Å². The second-order valence-corrected chi connectivity index (χ2v) is 9.17. The molecule has 1 unspecified atom stereocenters. The van der Waals surface area contributed by atoms with Crippen LogP contribution in [-0.4, -0.2) is 58.4 Å². The fourth-order valence-corrected chi connectivity index (χ4v) is 5.42. The van der Waals surface area contributed by atoms with Gasteiger partial charge in [-0.25, -0.2) is 4.98 Å². The molecule has 2 aromatic heterocycles. The molecule has 5 rings (SSSR count). The van der Waals surface area contributed by atoms with Crippen LogP contribution >= 0.6 is 0 Å². The van der Waals surface area contributed by atoms with E-state index < -0.39 is 0 Å². The lowest BCUT2D eigenvalue weighted by Crippen LogP contribution is -2.46. The molecule has 2 aliphatic heterocycles. The highest BCUT2D eigenvalue weighted by Crippen LogP contribution is 2.49. The molecule has 2 aliphatic rings. The summed E-state index contributed by atoms with van der Waals surface area (Å²) < 4.78 is 5.78. The Bertz CT molecular complexity index is 999. The van der Waals surface area contributed by atoms with E-state index in [-0.39, 0.29) is 17.2 Å². The molecule has 0 saturated carbocycles. The van der Waals surface area contributed by atoms with Gasteiger partial charge in [0, 0.05) is 45.1 Å². The summed E-state index contributed by atoms with van der Waals surface area (Å²) in [5, 5.41) is 0. The third-order valence-corrected chi connectivity index (χ3v) is 7.22. The normalized spacial score (nSPS) is 20.6. The third-order valence-electron chi connectivity index (χ3n) is 7.22. The minimum atomic E-state index is 0.118. The number of piperidine rings is 1. The van der Waals surface area contributed by atoms with Gasteiger partial charge in [-0.05, 0) is 41.9 Å². The summed E-state index contributed by atoms with van der Waals surface area (Å²) >= 11 is 0. The quantitative estimate of drug-likeness (QED) is 0.598. The molecule has 3 aromatic rings. The van der Waals surface area contributed by atoms with Crippen molar-refractivity contribution in [2.75, 3.05) is 32.7 Å². The van der Waals surface area contributed by atoms with Crippen LogP contribution in [0.3, 0.4) is 0 Å². The molecule has 32 heavy (non-hydrogen) atoms. The topological polar surface area (TPSA) is 62.5 Å². The number of oxazole rings is 1. The zero-order chi connectivity index (χ0) is 21.8. The highest BCUT2D eigenvalue weighted by atomic mass is 16.3. The molecule has 0 N–H and O–H groups in total. The van der Waals surface area contributed by atoms with Gasteiger partial charge >= 0.3 is 0 Å². The number of carbonyl (C=O) groups is 1. The van der Waals surface area contributed by atoms with Gasteiger partial charge in [0.05, 0.1) is 18.5 Å². The Balaban J connectivity index is 1.25. The van der Waals surface area contributed by atoms with Gasteiger partial charge in [0.25, 0.3) is 0 Å². The van der Waals surface area contributed by atoms with E-state index >= 15 is 0 Å². The number of amides is 1. The van der Waals surface area contributed by atoms with Crippen molar-refractivity contribution >= 4 is 5.91 Å². The van der Waals surface area contributed by atoms with Crippen molar-refractivity contribution in [3.05, 3.63) is 84.3 Å². The van der Waals surface area contributed by atoms with Gasteiger partial charge in [-0.1, -0.05) is 36.4 Å². The second-order valence-electron chi connectivity index (χ2n) is 9.17. The molecule has 0 radical (unpaired) electrons. The van der Waals surface area contributed by atoms with E-state index in [2.05, 4.69) is 45.2 Å². The number of hydrogen-bond acceptors (Lipinski definition) is 5. The van der Waals surface area contributed by atoms with Crippen LogP contribution in [0, 0.1) is 5.41 Å². The summed E-state index contributed by atoms with van der Waals surface area (Å²) in [6, 6.07) is 14.5. The summed E-state index contributed by atoms with van der Waals surface area (Å²) in [4.78, 5) is 26.1. The van der Waals surface area contributed by atoms with E-state index in [4.69, 9.17) is 4.42 Å². The Morgan fingerprint density at radius 1 is 1.06 bits per heavy atom. The summed E-state index contributed by atoms with van der Waals surface area (Å²) in [6.07, 6.45) is 10.4. The maximum atomic E-state index is 12.9. The Labute approximate surface area is 189 Å². The first kappa shape index (κ1) is 20.9. The standard InChI is InChI=1S/C26H30N4O2/c31-24(17-22-7-4-11-27-18-22)30-14-9-26(10-15-30)20-29(13-8-21-5-2-1-3-6-21)19-23(26)25-28-12-16-32-25/h1-7,11-12,16,18,23H,8-10,13-15,17,19-20H2. The molecule has 6 heteroatoms. The average molecular weight is 431 g/mol. The lowest BCUT2D eigenvalue weighted by Gasteiger charge is -2.42. The molecule has 2 fully saturated rings. The predicted molar refractivity (Wildman–Crippen MR) is 122 cm³/mol. The van der Waals surface area contributed by atoms with Gasteiger partial charge in [0.15, 0.2) is 5.89 Å². The minimum Gasteiger partial charge on any atom is -0.449 e. The Kier molecular flexibility index (Phi) is 6.04. The molecule has 1 spiro atoms. The molecule has 2 saturated heterocycles. The number of carbonyl (C=O) groups excluding carboxylic acids is 1. The molecule has 0 aliphatic carbocycles. The monoisotopic (exact) mass is 430 g/mol. The van der Waals surface area contributed by atoms with E-state index in [1.54, 1.807) is 24.9 Å². The van der Waals surface area contributed by atoms with Crippen molar-refractivity contribution in [2.24, 2.45) is 5.41 Å². The van der Waals surface area contributed by atoms with Crippen LogP contribution in [0.2, 0.25) is 0 Å². The van der Waals surface area contributed by atoms with E-state index in [1.165, 1.54) is 5.56 Å². The SMILES string of the molecule is O=C(Cc1cccnc1)N1CCC2(CC1)CN(CCc1ccccc1)CC2c1ncco1. The van der Waals surface area contributed by atoms with Crippen molar-refractivity contribution in [2.45, 2.75) is 31.6 Å². The summed E-state index contributed by atoms with van der Waals surface area (Å²) in [6.45, 7) is 4.63. The number of rotatable bonds is 6. The second kappa shape index (κ2) is 9.25. The maximum Gasteiger partial charge on any atom is 0.227 e. The predicted octanol–water partition coefficient (Wildman–Crippen LogP) is 3.56. The zero-order valence-corrected chi connectivity index (χ0v) is 18.4. The number of hydrogen-bond donors (Lipinski definition) is 0. The first-order chi connectivity index (χ1) is 15.7. The number of pyridine rings is 1. The summed E-state index contributed by atoms with van der Waals surface area (Å²) in [7, 11) is 0. The van der Waals surface area contributed by atoms with Crippen molar-refractivity contribution in [1.82, 2.24) is 19.8 Å². The first-order valence-corrected chi connectivity index (χ1v) is 11.5. The first-order valence-electron chi connectivity index (χ1n) is 11.5. The van der Waals surface area contributed by atoms with Crippen molar-refractivity contribution in [1.29, 1.82) is 0 Å². The summed E-state index contributed by atoms with van der Waals surface area (Å²) in [5.41, 5.74) is 2.47. The van der Waals surface area contributed by atoms with Crippen molar-refractivity contribution in [3.63, 3.8) is 0 Å². The summed E-state index contributed by atoms with van der Waals surface area (Å²) in [5.74, 6) is 1.32. The molecule has 166 valence electrons. The largest absolute Gasteiger partial charge is 0.449 e. The van der Waals surface area contributed by atoms with Crippen LogP contribution < -0.4 is 0 Å². The molecular weight excluding hydrogens is 400 g/mol. The lowest BCUT2D eigenvalue weighted by atomic mass is 9.70. The van der Waals surface area contributed by atoms with Crippen molar-refractivity contribution < 1.29 is 9.21 Å². The fraction of sp³-hybridized carbons (Fsp3) is 0.423. The van der Waals surface area contributed by atoms with Gasteiger partial charge in [-0.2, -0.15) is 0 Å². The fourth-order valence-electron chi connectivity index (χ4n) is 5.42. The van der Waals surface area contributed by atoms with Crippen molar-refractivity contribution in [3.8, 4) is 0 Å². The van der Waals surface area contributed by atoms with Crippen LogP contribution in [0.4, 0.5) is 0 Å². The number of benzene rings is 1. The minimum absolute atomic E-state index is 0.118. The van der Waals surface area contributed by atoms with Gasteiger partial charge < -0.3 is 14.2 Å². The Morgan fingerprint density at radius 2 is 1.88 bits per heavy atom. The number of likely N-dealkylation sites (tertiary alicyclic amines) is 2. The maximum absolute atomic E-state index is 12.9. The van der Waals surface area contributed by atoms with E-state index in [0.29, 0.717) is 6.42 Å². The van der Waals surface area contributed by atoms with E-state index in [9.17, 15) is 4.79 Å². The molecule has 1 aromatic carbocycles. The van der Waals surface area contributed by atoms with E-state index in [0.717, 1.165) is 63.4 Å². The van der Waals surface area contributed by atoms with Gasteiger partial charge in [0.1, 0.15) is 6.26 Å². The third kappa shape index (κ3) is 4.46. The average Bonchev–Trinajstić information content (AvgIpc) is 3.48. The van der Waals surface area contributed by atoms with Crippen LogP contribution in [0.5, 0.6) is 0 Å². The van der Waals surface area contributed by atoms with Gasteiger partial charge in [-0.15, -0.1) is 0 Å². The number of nitrogens with zero attached hydrogens (tertiary/aromatic N) is 4. The Morgan fingerprint density at radius 3 is 2.59 bits per heavy atom. The van der Waals surface area contributed by atoms with E-state index in [1.807, 2.05) is 17.0 Å². The Hall–Kier alpha value is -2.99. The van der Waals surface area contributed by atoms with Gasteiger partial charge in [-0.3, -0.25) is 9.78 Å². The molecular formula is C26H30N4O2. The smallest absolute Gasteiger partial charge is 0.227 e. The molecule has 4 heterocycles. The molecule has 0 bridgehead atoms. The van der Waals surface area contributed by atoms with Crippen LogP contribution in [0.1, 0.15) is 35.8 Å². The van der Waals surface area contributed by atoms with Crippen LogP contribution in [-0.2, 0) is 17.6 Å². The highest BCUT2D eigenvalue weighted by Gasteiger charge is 2.50. The lowest BCUT2D eigenvalue weighted by molar-refractivity contribution is -0.132. The molecule has 1 atom stereocenters. The number of aromatic nitrogens is 2. The molecule has 6 nitrogen and oxygen atoms in total. The zero-order valence-electron chi connectivity index (χ0n) is 18.4. The highest BCUT2D eigenvalue weighted by molar-refractivity contribution is 5.78. The van der Waals surface area contributed by atoms with Crippen LogP contribution in [0.15, 0.2) is 71.7 Å². The van der Waals surface area contributed by atoms with Crippen LogP contribution in [0.25, 0.3) is 0 Å².